The van der Waals surface area contributed by atoms with Gasteiger partial charge in [0.1, 0.15) is 0 Å². The summed E-state index contributed by atoms with van der Waals surface area (Å²) < 4.78 is 4.26. The molecule has 0 rings (SSSR count). The van der Waals surface area contributed by atoms with Gasteiger partial charge < -0.3 is 14.3 Å². The van der Waals surface area contributed by atoms with Crippen LogP contribution in [0.5, 0.6) is 0 Å². The molecule has 0 atom stereocenters. The molecule has 0 bridgehead atoms. The molecule has 0 fully saturated rings. The molecular weight excluding hydrogens is 152 g/mol. The SMILES string of the molecule is COC(=O)C(=[C-]S)C(C)=O. The lowest BCUT2D eigenvalue weighted by Crippen LogP contribution is -2.10. The van der Waals surface area contributed by atoms with Gasteiger partial charge in [0, 0.05) is 0 Å². The molecule has 0 saturated carbocycles. The second kappa shape index (κ2) is 4.11. The maximum Gasteiger partial charge on any atom is 0.223 e. The van der Waals surface area contributed by atoms with Gasteiger partial charge in [0.25, 0.3) is 0 Å². The number of Topliss-reactive ketones (excluding diaryl/α,β-unsaturated/α-hetero) is 1. The second-order valence-electron chi connectivity index (χ2n) is 1.53. The Kier molecular flexibility index (Phi) is 3.79. The van der Waals surface area contributed by atoms with Crippen LogP contribution in [-0.2, 0) is 14.3 Å². The van der Waals surface area contributed by atoms with E-state index in [0.29, 0.717) is 0 Å². The maximum absolute atomic E-state index is 10.6. The highest BCUT2D eigenvalue weighted by molar-refractivity contribution is 7.82. The minimum atomic E-state index is -0.706. The molecule has 0 spiro atoms. The highest BCUT2D eigenvalue weighted by Gasteiger charge is 2.00. The zero-order valence-electron chi connectivity index (χ0n) is 5.67. The number of ketones is 1. The Morgan fingerprint density at radius 1 is 1.50 bits per heavy atom. The Morgan fingerprint density at radius 2 is 2.00 bits per heavy atom. The highest BCUT2D eigenvalue weighted by Crippen LogP contribution is 1.99. The summed E-state index contributed by atoms with van der Waals surface area (Å²) in [7, 11) is 1.19. The van der Waals surface area contributed by atoms with E-state index in [1.165, 1.54) is 14.0 Å². The summed E-state index contributed by atoms with van der Waals surface area (Å²) in [6.45, 7) is 1.25. The fraction of sp³-hybridized carbons (Fsp3) is 0.333. The van der Waals surface area contributed by atoms with Crippen molar-refractivity contribution in [2.75, 3.05) is 7.11 Å². The van der Waals surface area contributed by atoms with Gasteiger partial charge in [-0.2, -0.15) is 0 Å². The standard InChI is InChI=1S/C6H7O3S/c1-4(7)5(3-10)6(8)9-2/h10H,1-2H3/q-1. The van der Waals surface area contributed by atoms with Gasteiger partial charge in [-0.05, 0) is 6.92 Å². The summed E-state index contributed by atoms with van der Waals surface area (Å²) in [6, 6.07) is 0. The van der Waals surface area contributed by atoms with E-state index < -0.39 is 11.8 Å². The van der Waals surface area contributed by atoms with Crippen LogP contribution < -0.4 is 0 Å². The molecule has 0 saturated heterocycles. The second-order valence-corrected chi connectivity index (χ2v) is 1.76. The van der Waals surface area contributed by atoms with E-state index in [4.69, 9.17) is 0 Å². The van der Waals surface area contributed by atoms with Crippen LogP contribution in [0.4, 0.5) is 0 Å². The van der Waals surface area contributed by atoms with Crippen LogP contribution in [0.25, 0.3) is 0 Å². The van der Waals surface area contributed by atoms with Gasteiger partial charge in [0.2, 0.25) is 5.97 Å². The third kappa shape index (κ3) is 2.23. The van der Waals surface area contributed by atoms with Crippen molar-refractivity contribution in [3.63, 3.8) is 0 Å². The van der Waals surface area contributed by atoms with Crippen LogP contribution in [0, 0.1) is 5.41 Å². The van der Waals surface area contributed by atoms with Crippen LogP contribution in [0.1, 0.15) is 6.92 Å². The average molecular weight is 159 g/mol. The Morgan fingerprint density at radius 3 is 2.10 bits per heavy atom. The number of thiol groups is 1. The van der Waals surface area contributed by atoms with Crippen molar-refractivity contribution in [1.82, 2.24) is 0 Å². The van der Waals surface area contributed by atoms with E-state index in [2.05, 4.69) is 22.8 Å². The first-order chi connectivity index (χ1) is 4.63. The molecule has 4 heteroatoms. The number of ether oxygens (including phenoxy) is 1. The van der Waals surface area contributed by atoms with Crippen molar-refractivity contribution >= 4 is 24.4 Å². The highest BCUT2D eigenvalue weighted by atomic mass is 32.1. The molecule has 0 heterocycles. The number of rotatable bonds is 2. The van der Waals surface area contributed by atoms with E-state index in [9.17, 15) is 9.59 Å². The quantitative estimate of drug-likeness (QED) is 0.158. The Balaban J connectivity index is 4.39. The summed E-state index contributed by atoms with van der Waals surface area (Å²) in [5.41, 5.74) is -0.161. The molecule has 0 amide bonds. The van der Waals surface area contributed by atoms with Gasteiger partial charge in [0.05, 0.1) is 12.9 Å². The predicted octanol–water partition coefficient (Wildman–Crippen LogP) is 0.365. The van der Waals surface area contributed by atoms with E-state index in [1.54, 1.807) is 0 Å². The van der Waals surface area contributed by atoms with Gasteiger partial charge in [-0.3, -0.25) is 0 Å². The fourth-order valence-electron chi connectivity index (χ4n) is 0.370. The van der Waals surface area contributed by atoms with Crippen molar-refractivity contribution in [2.24, 2.45) is 0 Å². The van der Waals surface area contributed by atoms with E-state index in [-0.39, 0.29) is 5.57 Å². The average Bonchev–Trinajstić information content (AvgIpc) is 1.88. The number of esters is 1. The Labute approximate surface area is 64.5 Å². The van der Waals surface area contributed by atoms with E-state index in [0.717, 1.165) is 0 Å². The van der Waals surface area contributed by atoms with Crippen LogP contribution in [-0.4, -0.2) is 18.9 Å². The van der Waals surface area contributed by atoms with Crippen LogP contribution >= 0.6 is 12.6 Å². The van der Waals surface area contributed by atoms with Crippen molar-refractivity contribution in [3.05, 3.63) is 11.0 Å². The molecule has 0 radical (unpaired) electrons. The zero-order chi connectivity index (χ0) is 8.15. The summed E-state index contributed by atoms with van der Waals surface area (Å²) in [4.78, 5) is 21.1. The number of hydrogen-bond donors (Lipinski definition) is 1. The minimum absolute atomic E-state index is 0.161. The van der Waals surface area contributed by atoms with Gasteiger partial charge in [-0.25, -0.2) is 12.6 Å². The molecule has 0 N–H and O–H groups in total. The molecule has 56 valence electrons. The number of methoxy groups -OCH3 is 1. The molecule has 0 unspecified atom stereocenters. The molecular formula is C6H7O3S-. The lowest BCUT2D eigenvalue weighted by atomic mass is 10.2. The molecule has 0 aliphatic carbocycles. The minimum Gasteiger partial charge on any atom is -0.522 e. The number of carbonyl (C=O) groups is 2. The summed E-state index contributed by atoms with van der Waals surface area (Å²) in [6.07, 6.45) is 0. The smallest absolute Gasteiger partial charge is 0.223 e. The topological polar surface area (TPSA) is 43.4 Å². The maximum atomic E-state index is 10.6. The van der Waals surface area contributed by atoms with Crippen LogP contribution in [0.15, 0.2) is 5.57 Å². The normalized spacial score (nSPS) is 10.9. The first kappa shape index (κ1) is 9.23. The Hall–Kier alpha value is -0.770. The summed E-state index contributed by atoms with van der Waals surface area (Å²) in [5.74, 6) is -1.11. The molecule has 0 aliphatic rings. The lowest BCUT2D eigenvalue weighted by molar-refractivity contribution is -0.137. The summed E-state index contributed by atoms with van der Waals surface area (Å²) >= 11 is 3.54. The molecule has 0 aromatic carbocycles. The molecule has 3 nitrogen and oxygen atoms in total. The summed E-state index contributed by atoms with van der Waals surface area (Å²) in [5, 5.41) is 2.14. The van der Waals surface area contributed by atoms with Crippen molar-refractivity contribution in [1.29, 1.82) is 0 Å². The van der Waals surface area contributed by atoms with Crippen LogP contribution in [0.2, 0.25) is 0 Å². The third-order valence-corrected chi connectivity index (χ3v) is 1.08. The molecule has 10 heavy (non-hydrogen) atoms. The van der Waals surface area contributed by atoms with Gasteiger partial charge >= 0.3 is 0 Å². The van der Waals surface area contributed by atoms with Crippen molar-refractivity contribution < 1.29 is 14.3 Å². The van der Waals surface area contributed by atoms with E-state index in [1.807, 2.05) is 0 Å². The number of hydrogen-bond acceptors (Lipinski definition) is 4. The van der Waals surface area contributed by atoms with Crippen LogP contribution in [0.3, 0.4) is 0 Å². The molecule has 0 aromatic rings. The van der Waals surface area contributed by atoms with Crippen molar-refractivity contribution in [3.8, 4) is 0 Å². The predicted molar refractivity (Wildman–Crippen MR) is 38.4 cm³/mol. The third-order valence-electron chi connectivity index (χ3n) is 0.853. The monoisotopic (exact) mass is 159 g/mol. The van der Waals surface area contributed by atoms with Gasteiger partial charge in [-0.15, -0.1) is 5.41 Å². The zero-order valence-corrected chi connectivity index (χ0v) is 6.57. The molecule has 0 aromatic heterocycles. The van der Waals surface area contributed by atoms with Gasteiger partial charge in [0.15, 0.2) is 0 Å². The fourth-order valence-corrected chi connectivity index (χ4v) is 0.619. The van der Waals surface area contributed by atoms with Gasteiger partial charge in [-0.1, -0.05) is 5.57 Å². The Bertz CT molecular complexity index is 183. The number of carbonyl (C=O) groups excluding carboxylic acids is 2. The molecule has 0 aliphatic heterocycles. The van der Waals surface area contributed by atoms with E-state index >= 15 is 0 Å². The lowest BCUT2D eigenvalue weighted by Gasteiger charge is -2.07. The van der Waals surface area contributed by atoms with Crippen molar-refractivity contribution in [2.45, 2.75) is 6.92 Å². The first-order valence-electron chi connectivity index (χ1n) is 2.49. The first-order valence-corrected chi connectivity index (χ1v) is 2.94. The largest absolute Gasteiger partial charge is 0.522 e.